The smallest absolute Gasteiger partial charge is 0.254 e. The van der Waals surface area contributed by atoms with Crippen LogP contribution in [0.2, 0.25) is 5.02 Å². The zero-order valence-electron chi connectivity index (χ0n) is 17.3. The van der Waals surface area contributed by atoms with E-state index >= 15 is 0 Å². The predicted molar refractivity (Wildman–Crippen MR) is 120 cm³/mol. The topological polar surface area (TPSA) is 49.4 Å². The van der Waals surface area contributed by atoms with Crippen molar-refractivity contribution >= 4 is 23.4 Å². The van der Waals surface area contributed by atoms with E-state index in [1.54, 1.807) is 24.3 Å². The first-order valence-electron chi connectivity index (χ1n) is 11.1. The predicted octanol–water partition coefficient (Wildman–Crippen LogP) is 5.11. The molecule has 158 valence electrons. The van der Waals surface area contributed by atoms with E-state index in [2.05, 4.69) is 10.2 Å². The monoisotopic (exact) mass is 424 g/mol. The van der Waals surface area contributed by atoms with Gasteiger partial charge in [0.05, 0.1) is 0 Å². The van der Waals surface area contributed by atoms with Gasteiger partial charge in [-0.3, -0.25) is 9.59 Å². The van der Waals surface area contributed by atoms with Gasteiger partial charge in [0.25, 0.3) is 11.8 Å². The molecular weight excluding hydrogens is 396 g/mol. The Bertz CT molecular complexity index is 877. The van der Waals surface area contributed by atoms with Crippen LogP contribution in [0.5, 0.6) is 0 Å². The molecule has 5 heteroatoms. The molecule has 0 spiro atoms. The molecule has 1 heterocycles. The van der Waals surface area contributed by atoms with Gasteiger partial charge in [-0.1, -0.05) is 36.6 Å². The zero-order chi connectivity index (χ0) is 20.9. The van der Waals surface area contributed by atoms with Crippen LogP contribution in [0.4, 0.5) is 0 Å². The summed E-state index contributed by atoms with van der Waals surface area (Å²) in [4.78, 5) is 27.6. The maximum atomic E-state index is 13.1. The van der Waals surface area contributed by atoms with Gasteiger partial charge in [0.15, 0.2) is 0 Å². The molecule has 30 heavy (non-hydrogen) atoms. The summed E-state index contributed by atoms with van der Waals surface area (Å²) in [6, 6.07) is 15.1. The highest BCUT2D eigenvalue weighted by molar-refractivity contribution is 6.30. The third-order valence-corrected chi connectivity index (χ3v) is 6.76. The Labute approximate surface area is 183 Å². The fourth-order valence-corrected chi connectivity index (χ4v) is 5.01. The molecular formula is C25H29ClN2O2. The first-order chi connectivity index (χ1) is 14.6. The quantitative estimate of drug-likeness (QED) is 0.725. The zero-order valence-corrected chi connectivity index (χ0v) is 18.0. The summed E-state index contributed by atoms with van der Waals surface area (Å²) in [7, 11) is 0. The third kappa shape index (κ3) is 4.86. The maximum absolute atomic E-state index is 13.1. The number of piperidine rings is 1. The second-order valence-corrected chi connectivity index (χ2v) is 8.90. The lowest BCUT2D eigenvalue weighted by Crippen LogP contribution is -2.49. The van der Waals surface area contributed by atoms with E-state index in [-0.39, 0.29) is 11.8 Å². The molecule has 2 atom stereocenters. The summed E-state index contributed by atoms with van der Waals surface area (Å²) in [5.41, 5.74) is 2.39. The second-order valence-electron chi connectivity index (χ2n) is 8.46. The molecule has 1 saturated heterocycles. The van der Waals surface area contributed by atoms with Gasteiger partial charge in [-0.2, -0.15) is 0 Å². The summed E-state index contributed by atoms with van der Waals surface area (Å²) < 4.78 is 0. The first-order valence-corrected chi connectivity index (χ1v) is 11.4. The van der Waals surface area contributed by atoms with E-state index in [4.69, 9.17) is 11.6 Å². The van der Waals surface area contributed by atoms with Crippen molar-refractivity contribution in [3.05, 3.63) is 70.2 Å². The summed E-state index contributed by atoms with van der Waals surface area (Å²) in [6.45, 7) is 1.41. The number of nitrogens with zero attached hydrogens (tertiary/aromatic N) is 1. The molecule has 1 N–H and O–H groups in total. The molecule has 1 aliphatic heterocycles. The van der Waals surface area contributed by atoms with Crippen LogP contribution in [0, 0.1) is 5.92 Å². The van der Waals surface area contributed by atoms with Crippen LogP contribution in [0.25, 0.3) is 0 Å². The summed E-state index contributed by atoms with van der Waals surface area (Å²) >= 11 is 5.90. The van der Waals surface area contributed by atoms with Crippen molar-refractivity contribution < 1.29 is 9.59 Å². The summed E-state index contributed by atoms with van der Waals surface area (Å²) in [5, 5.41) is 3.65. The Balaban J connectivity index is 1.33. The van der Waals surface area contributed by atoms with Crippen molar-refractivity contribution in [3.63, 3.8) is 0 Å². The molecule has 1 aliphatic carbocycles. The van der Waals surface area contributed by atoms with Crippen molar-refractivity contribution in [1.29, 1.82) is 0 Å². The Morgan fingerprint density at radius 2 is 1.57 bits per heavy atom. The molecule has 0 aromatic heterocycles. The number of carbonyl (C=O) groups excluding carboxylic acids is 2. The van der Waals surface area contributed by atoms with Gasteiger partial charge in [0.1, 0.15) is 0 Å². The van der Waals surface area contributed by atoms with Crippen molar-refractivity contribution in [2.24, 2.45) is 5.92 Å². The molecule has 2 aliphatic rings. The minimum Gasteiger partial charge on any atom is -0.352 e. The van der Waals surface area contributed by atoms with Crippen molar-refractivity contribution in [2.45, 2.75) is 51.0 Å². The lowest BCUT2D eigenvalue weighted by molar-refractivity contribution is 0.0390. The number of hydrogen-bond donors (Lipinski definition) is 1. The molecule has 1 saturated carbocycles. The van der Waals surface area contributed by atoms with Crippen molar-refractivity contribution in [3.8, 4) is 0 Å². The van der Waals surface area contributed by atoms with E-state index in [0.29, 0.717) is 34.7 Å². The van der Waals surface area contributed by atoms with Crippen LogP contribution >= 0.6 is 11.6 Å². The van der Waals surface area contributed by atoms with Crippen molar-refractivity contribution in [1.82, 2.24) is 10.2 Å². The largest absolute Gasteiger partial charge is 0.352 e. The Morgan fingerprint density at radius 1 is 0.900 bits per heavy atom. The number of halogens is 1. The fraction of sp³-hybridized carbons (Fsp3) is 0.440. The number of carbonyl (C=O) groups is 2. The van der Waals surface area contributed by atoms with Crippen LogP contribution in [-0.4, -0.2) is 35.8 Å². The SMILES string of the molecule is O=C(NCCc1ccc(Cl)cc1)c1ccc(C(=O)N2CCC[C@@H]3CCCC[C@@H]32)cc1. The summed E-state index contributed by atoms with van der Waals surface area (Å²) in [5.74, 6) is 0.664. The lowest BCUT2D eigenvalue weighted by Gasteiger charge is -2.44. The highest BCUT2D eigenvalue weighted by Crippen LogP contribution is 2.35. The minimum absolute atomic E-state index is 0.112. The third-order valence-electron chi connectivity index (χ3n) is 6.51. The Hall–Kier alpha value is -2.33. The highest BCUT2D eigenvalue weighted by atomic mass is 35.5. The van der Waals surface area contributed by atoms with Crippen LogP contribution in [-0.2, 0) is 6.42 Å². The van der Waals surface area contributed by atoms with E-state index in [1.807, 2.05) is 24.3 Å². The second kappa shape index (κ2) is 9.65. The van der Waals surface area contributed by atoms with Gasteiger partial charge >= 0.3 is 0 Å². The fourth-order valence-electron chi connectivity index (χ4n) is 4.88. The van der Waals surface area contributed by atoms with Crippen LogP contribution in [0.1, 0.15) is 64.8 Å². The van der Waals surface area contributed by atoms with E-state index < -0.39 is 0 Å². The number of likely N-dealkylation sites (tertiary alicyclic amines) is 1. The van der Waals surface area contributed by atoms with Crippen LogP contribution in [0.15, 0.2) is 48.5 Å². The molecule has 0 bridgehead atoms. The molecule has 4 nitrogen and oxygen atoms in total. The molecule has 2 aromatic carbocycles. The molecule has 2 aromatic rings. The molecule has 2 fully saturated rings. The van der Waals surface area contributed by atoms with E-state index in [0.717, 1.165) is 31.4 Å². The number of amides is 2. The van der Waals surface area contributed by atoms with E-state index in [9.17, 15) is 9.59 Å². The number of nitrogens with one attached hydrogen (secondary N) is 1. The van der Waals surface area contributed by atoms with Crippen LogP contribution in [0.3, 0.4) is 0 Å². The van der Waals surface area contributed by atoms with Gasteiger partial charge in [0, 0.05) is 35.3 Å². The number of rotatable bonds is 5. The number of benzene rings is 2. The average Bonchev–Trinajstić information content (AvgIpc) is 2.79. The number of hydrogen-bond acceptors (Lipinski definition) is 2. The van der Waals surface area contributed by atoms with Gasteiger partial charge in [-0.15, -0.1) is 0 Å². The van der Waals surface area contributed by atoms with Crippen molar-refractivity contribution in [2.75, 3.05) is 13.1 Å². The molecule has 4 rings (SSSR count). The molecule has 0 unspecified atom stereocenters. The van der Waals surface area contributed by atoms with Gasteiger partial charge in [-0.05, 0) is 80.0 Å². The van der Waals surface area contributed by atoms with E-state index in [1.165, 1.54) is 25.7 Å². The summed E-state index contributed by atoms with van der Waals surface area (Å²) in [6.07, 6.45) is 8.00. The molecule has 2 amide bonds. The van der Waals surface area contributed by atoms with Gasteiger partial charge < -0.3 is 10.2 Å². The lowest BCUT2D eigenvalue weighted by atomic mass is 9.78. The highest BCUT2D eigenvalue weighted by Gasteiger charge is 2.35. The van der Waals surface area contributed by atoms with Gasteiger partial charge in [0.2, 0.25) is 0 Å². The normalized spacial score (nSPS) is 21.0. The number of fused-ring (bicyclic) bond motifs is 1. The first kappa shape index (κ1) is 20.9. The molecule has 0 radical (unpaired) electrons. The standard InChI is InChI=1S/C25H29ClN2O2/c26-22-13-7-18(8-14-22)15-16-27-24(29)20-9-11-21(12-10-20)25(30)28-17-3-5-19-4-1-2-6-23(19)28/h7-14,19,23H,1-6,15-17H2,(H,27,29)/t19-,23-/m0/s1. The minimum atomic E-state index is -0.117. The Morgan fingerprint density at radius 3 is 2.33 bits per heavy atom. The maximum Gasteiger partial charge on any atom is 0.254 e. The van der Waals surface area contributed by atoms with Crippen LogP contribution < -0.4 is 5.32 Å². The van der Waals surface area contributed by atoms with Gasteiger partial charge in [-0.25, -0.2) is 0 Å². The Kier molecular flexibility index (Phi) is 6.73. The average molecular weight is 425 g/mol.